The van der Waals surface area contributed by atoms with Gasteiger partial charge < -0.3 is 23.5 Å². The summed E-state index contributed by atoms with van der Waals surface area (Å²) >= 11 is 0. The van der Waals surface area contributed by atoms with Gasteiger partial charge in [-0.2, -0.15) is 0 Å². The highest BCUT2D eigenvalue weighted by Gasteiger charge is 2.29. The Labute approximate surface area is 313 Å². The number of hydrogen-bond donors (Lipinski definition) is 0. The van der Waals surface area contributed by atoms with Gasteiger partial charge in [-0.1, -0.05) is 17.7 Å². The summed E-state index contributed by atoms with van der Waals surface area (Å²) in [5.74, 6) is 2.49. The predicted octanol–water partition coefficient (Wildman–Crippen LogP) is 8.53. The molecule has 9 nitrogen and oxygen atoms in total. The average molecular weight is 749 g/mol. The van der Waals surface area contributed by atoms with Crippen LogP contribution in [-0.4, -0.2) is 35.8 Å². The Bertz CT molecular complexity index is 2010. The molecule has 1 aliphatic heterocycles. The summed E-state index contributed by atoms with van der Waals surface area (Å²) in [6.07, 6.45) is 10.1. The number of benzene rings is 4. The number of aryl methyl sites for hydroxylation is 1. The Morgan fingerprint density at radius 3 is 1.51 bits per heavy atom. The summed E-state index contributed by atoms with van der Waals surface area (Å²) in [5.41, 5.74) is 3.10. The zero-order valence-electron chi connectivity index (χ0n) is 29.2. The molecule has 11 heteroatoms. The number of rotatable bonds is 12. The molecule has 0 bridgehead atoms. The van der Waals surface area contributed by atoms with E-state index >= 15 is 0 Å². The van der Waals surface area contributed by atoms with Crippen molar-refractivity contribution < 1.29 is 31.9 Å². The van der Waals surface area contributed by atoms with Crippen molar-refractivity contribution in [3.05, 3.63) is 163 Å². The molecule has 0 aliphatic carbocycles. The Balaban J connectivity index is 0.000000376. The van der Waals surface area contributed by atoms with Gasteiger partial charge in [0.25, 0.3) is 0 Å². The maximum Gasteiger partial charge on any atom is 0.199 e. The monoisotopic (exact) mass is 748 g/mol. The second-order valence-corrected chi connectivity index (χ2v) is 15.6. The minimum atomic E-state index is -4.27. The molecule has 0 amide bonds. The molecule has 2 aromatic heterocycles. The van der Waals surface area contributed by atoms with E-state index in [4.69, 9.17) is 18.9 Å². The molecule has 0 radical (unpaired) electrons. The summed E-state index contributed by atoms with van der Waals surface area (Å²) in [7, 11) is -4.61. The van der Waals surface area contributed by atoms with Crippen molar-refractivity contribution in [2.75, 3.05) is 6.61 Å². The molecule has 1 fully saturated rings. The lowest BCUT2D eigenvalue weighted by Gasteiger charge is -2.23. The molecular formula is C42H40N2O7S2. The third-order valence-corrected chi connectivity index (χ3v) is 11.3. The Morgan fingerprint density at radius 1 is 0.642 bits per heavy atom. The van der Waals surface area contributed by atoms with Gasteiger partial charge in [-0.15, -0.1) is 0 Å². The van der Waals surface area contributed by atoms with Gasteiger partial charge in [0, 0.05) is 31.2 Å². The molecule has 4 aromatic carbocycles. The van der Waals surface area contributed by atoms with E-state index in [1.165, 1.54) is 26.8 Å². The van der Waals surface area contributed by atoms with E-state index in [1.54, 1.807) is 36.9 Å². The fraction of sp³-hybridized carbons (Fsp3) is 0.190. The van der Waals surface area contributed by atoms with E-state index in [2.05, 4.69) is 46.4 Å². The second kappa shape index (κ2) is 18.5. The first kappa shape index (κ1) is 37.6. The number of aromatic nitrogens is 2. The van der Waals surface area contributed by atoms with E-state index < -0.39 is 10.1 Å². The Kier molecular flexibility index (Phi) is 13.1. The number of pyridine rings is 2. The summed E-state index contributed by atoms with van der Waals surface area (Å²) < 4.78 is 55.1. The standard InChI is InChI=1S/C35H33N2O4S.C7H8O3S/c1-2-24-38-35(3-1)41-31-8-14-34(15-9-31)42(32-10-4-29(5-11-32)39-25-27-16-20-36-21-17-27)33-12-6-30(7-13-33)40-26-28-18-22-37-23-19-28;1-6-2-4-7(5-3-6)11(8,9)10/h4-23,35H,1-3,24-26H2;2-5H,1H3,(H,8,9,10)/q+1;/p-1. The fourth-order valence-electron chi connectivity index (χ4n) is 5.36. The van der Waals surface area contributed by atoms with Gasteiger partial charge in [0.05, 0.1) is 22.4 Å². The summed E-state index contributed by atoms with van der Waals surface area (Å²) in [5, 5.41) is 0. The summed E-state index contributed by atoms with van der Waals surface area (Å²) in [6.45, 7) is 3.58. The van der Waals surface area contributed by atoms with Gasteiger partial charge in [0.15, 0.2) is 21.0 Å². The highest BCUT2D eigenvalue weighted by molar-refractivity contribution is 7.97. The molecule has 1 unspecified atom stereocenters. The molecule has 272 valence electrons. The number of ether oxygens (including phenoxy) is 4. The number of nitrogens with zero attached hydrogens (tertiary/aromatic N) is 2. The van der Waals surface area contributed by atoms with Crippen molar-refractivity contribution in [2.24, 2.45) is 0 Å². The summed E-state index contributed by atoms with van der Waals surface area (Å²) in [4.78, 5) is 11.6. The number of hydrogen-bond acceptors (Lipinski definition) is 9. The van der Waals surface area contributed by atoms with Crippen molar-refractivity contribution in [3.8, 4) is 17.2 Å². The van der Waals surface area contributed by atoms with E-state index in [0.717, 1.165) is 59.8 Å². The zero-order valence-corrected chi connectivity index (χ0v) is 30.9. The molecule has 1 atom stereocenters. The van der Waals surface area contributed by atoms with Crippen LogP contribution in [-0.2, 0) is 39.0 Å². The van der Waals surface area contributed by atoms with Crippen molar-refractivity contribution in [1.82, 2.24) is 9.97 Å². The lowest BCUT2D eigenvalue weighted by atomic mass is 10.2. The SMILES string of the molecule is Cc1ccc(S(=O)(=O)[O-])cc1.c1cc(COc2ccc([S+](c3ccc(OCc4ccncc4)cc3)c3ccc(OC4CCCCO4)cc3)cc2)ccn1. The Hall–Kier alpha value is -5.20. The van der Waals surface area contributed by atoms with Gasteiger partial charge in [-0.3, -0.25) is 9.97 Å². The van der Waals surface area contributed by atoms with Gasteiger partial charge >= 0.3 is 0 Å². The van der Waals surface area contributed by atoms with Crippen LogP contribution in [0.4, 0.5) is 0 Å². The van der Waals surface area contributed by atoms with Gasteiger partial charge in [0.2, 0.25) is 0 Å². The quantitative estimate of drug-likeness (QED) is 0.0896. The first-order valence-corrected chi connectivity index (χ1v) is 19.8. The van der Waals surface area contributed by atoms with Crippen LogP contribution in [0.15, 0.2) is 166 Å². The van der Waals surface area contributed by atoms with Gasteiger partial charge in [-0.25, -0.2) is 8.42 Å². The van der Waals surface area contributed by atoms with Crippen LogP contribution < -0.4 is 14.2 Å². The van der Waals surface area contributed by atoms with Crippen LogP contribution >= 0.6 is 0 Å². The smallest absolute Gasteiger partial charge is 0.199 e. The van der Waals surface area contributed by atoms with Gasteiger partial charge in [0.1, 0.15) is 40.6 Å². The normalized spacial score (nSPS) is 14.1. The van der Waals surface area contributed by atoms with Crippen LogP contribution in [0.1, 0.15) is 36.0 Å². The molecule has 53 heavy (non-hydrogen) atoms. The molecule has 6 aromatic rings. The molecule has 0 saturated carbocycles. The first-order chi connectivity index (χ1) is 25.8. The van der Waals surface area contributed by atoms with Crippen LogP contribution in [0.3, 0.4) is 0 Å². The molecule has 1 aliphatic rings. The predicted molar refractivity (Wildman–Crippen MR) is 202 cm³/mol. The Morgan fingerprint density at radius 2 is 1.09 bits per heavy atom. The van der Waals surface area contributed by atoms with E-state index in [0.29, 0.717) is 13.2 Å². The molecule has 1 saturated heterocycles. The molecule has 3 heterocycles. The van der Waals surface area contributed by atoms with Crippen molar-refractivity contribution in [3.63, 3.8) is 0 Å². The minimum absolute atomic E-state index is 0.165. The largest absolute Gasteiger partial charge is 0.744 e. The van der Waals surface area contributed by atoms with Crippen LogP contribution in [0.2, 0.25) is 0 Å². The van der Waals surface area contributed by atoms with Crippen LogP contribution in [0, 0.1) is 6.92 Å². The highest BCUT2D eigenvalue weighted by Crippen LogP contribution is 2.34. The van der Waals surface area contributed by atoms with Crippen molar-refractivity contribution in [1.29, 1.82) is 0 Å². The van der Waals surface area contributed by atoms with Crippen molar-refractivity contribution in [2.45, 2.75) is 65.3 Å². The van der Waals surface area contributed by atoms with Crippen LogP contribution in [0.5, 0.6) is 17.2 Å². The lowest BCUT2D eigenvalue weighted by molar-refractivity contribution is -0.105. The average Bonchev–Trinajstić information content (AvgIpc) is 3.19. The third-order valence-electron chi connectivity index (χ3n) is 8.20. The van der Waals surface area contributed by atoms with Crippen LogP contribution in [0.25, 0.3) is 0 Å². The maximum atomic E-state index is 10.4. The first-order valence-electron chi connectivity index (χ1n) is 17.2. The van der Waals surface area contributed by atoms with E-state index in [1.807, 2.05) is 67.6 Å². The fourth-order valence-corrected chi connectivity index (χ4v) is 7.87. The second-order valence-electron chi connectivity index (χ2n) is 12.2. The summed E-state index contributed by atoms with van der Waals surface area (Å²) in [6, 6.07) is 38.8. The topological polar surface area (TPSA) is 120 Å². The van der Waals surface area contributed by atoms with E-state index in [-0.39, 0.29) is 22.1 Å². The van der Waals surface area contributed by atoms with E-state index in [9.17, 15) is 13.0 Å². The molecule has 7 rings (SSSR count). The zero-order chi connectivity index (χ0) is 36.9. The lowest BCUT2D eigenvalue weighted by Crippen LogP contribution is -2.24. The van der Waals surface area contributed by atoms with Crippen molar-refractivity contribution >= 4 is 21.0 Å². The molecular weight excluding hydrogens is 709 g/mol. The maximum absolute atomic E-state index is 10.4. The highest BCUT2D eigenvalue weighted by atomic mass is 32.2. The minimum Gasteiger partial charge on any atom is -0.744 e. The van der Waals surface area contributed by atoms with Gasteiger partial charge in [-0.05, 0) is 140 Å². The third kappa shape index (κ3) is 11.4. The molecule has 0 N–H and O–H groups in total. The molecule has 0 spiro atoms.